The van der Waals surface area contributed by atoms with Crippen molar-refractivity contribution in [1.29, 1.82) is 5.26 Å². The molecule has 23 heavy (non-hydrogen) atoms. The number of benzene rings is 2. The summed E-state index contributed by atoms with van der Waals surface area (Å²) in [5, 5.41) is 9.68. The van der Waals surface area contributed by atoms with E-state index in [0.717, 1.165) is 9.86 Å². The maximum Gasteiger partial charge on any atom is 0.254 e. The van der Waals surface area contributed by atoms with Gasteiger partial charge >= 0.3 is 0 Å². The third-order valence-corrected chi connectivity index (χ3v) is 3.67. The number of primary amides is 1. The number of nitrogens with two attached hydrogens (primary N) is 1. The average molecular weight is 368 g/mol. The van der Waals surface area contributed by atoms with Crippen molar-refractivity contribution in [2.75, 3.05) is 0 Å². The minimum atomic E-state index is -0.634. The van der Waals surface area contributed by atoms with E-state index in [-0.39, 0.29) is 11.1 Å². The molecule has 1 aromatic heterocycles. The summed E-state index contributed by atoms with van der Waals surface area (Å²) in [6.45, 7) is 0. The molecule has 0 unspecified atom stereocenters. The van der Waals surface area contributed by atoms with Gasteiger partial charge in [-0.15, -0.1) is 0 Å². The number of hydrogen-bond acceptors (Lipinski definition) is 4. The van der Waals surface area contributed by atoms with Crippen molar-refractivity contribution in [3.8, 4) is 6.07 Å². The molecule has 6 heteroatoms. The fourth-order valence-corrected chi connectivity index (χ4v) is 2.50. The van der Waals surface area contributed by atoms with Gasteiger partial charge in [0.1, 0.15) is 11.1 Å². The first kappa shape index (κ1) is 15.0. The van der Waals surface area contributed by atoms with Gasteiger partial charge in [-0.25, -0.2) is 4.99 Å². The molecule has 0 radical (unpaired) electrons. The van der Waals surface area contributed by atoms with E-state index >= 15 is 0 Å². The van der Waals surface area contributed by atoms with E-state index in [9.17, 15) is 4.79 Å². The van der Waals surface area contributed by atoms with Crippen molar-refractivity contribution in [3.05, 3.63) is 69.7 Å². The summed E-state index contributed by atoms with van der Waals surface area (Å²) < 4.78 is 6.58. The number of halogens is 1. The van der Waals surface area contributed by atoms with E-state index in [1.54, 1.807) is 36.4 Å². The molecule has 5 nitrogen and oxygen atoms in total. The summed E-state index contributed by atoms with van der Waals surface area (Å²) in [6.07, 6.45) is 0. The average Bonchev–Trinajstić information content (AvgIpc) is 2.54. The number of nitriles is 1. The summed E-state index contributed by atoms with van der Waals surface area (Å²) in [7, 11) is 0. The third kappa shape index (κ3) is 3.15. The van der Waals surface area contributed by atoms with Crippen LogP contribution in [0.15, 0.2) is 62.4 Å². The Labute approximate surface area is 139 Å². The van der Waals surface area contributed by atoms with Gasteiger partial charge in [0.15, 0.2) is 0 Å². The van der Waals surface area contributed by atoms with Crippen molar-refractivity contribution < 1.29 is 9.21 Å². The fourth-order valence-electron chi connectivity index (χ4n) is 2.12. The molecule has 0 saturated carbocycles. The Morgan fingerprint density at radius 1 is 1.22 bits per heavy atom. The lowest BCUT2D eigenvalue weighted by Gasteiger charge is -2.02. The topological polar surface area (TPSA) is 92.4 Å². The van der Waals surface area contributed by atoms with E-state index in [1.165, 1.54) is 0 Å². The van der Waals surface area contributed by atoms with E-state index in [0.29, 0.717) is 16.8 Å². The zero-order valence-electron chi connectivity index (χ0n) is 11.8. The quantitative estimate of drug-likeness (QED) is 0.751. The molecule has 1 heterocycles. The summed E-state index contributed by atoms with van der Waals surface area (Å²) in [5.41, 5.74) is 7.27. The molecule has 0 bridgehead atoms. The number of nitrogens with zero attached hydrogens (tertiary/aromatic N) is 2. The number of hydrogen-bond donors (Lipinski definition) is 1. The number of amides is 1. The van der Waals surface area contributed by atoms with Crippen molar-refractivity contribution in [2.24, 2.45) is 10.7 Å². The van der Waals surface area contributed by atoms with Crippen LogP contribution in [0, 0.1) is 11.3 Å². The molecular formula is C17H10BrN3O2. The molecule has 3 aromatic rings. The Bertz CT molecular complexity index is 1030. The molecule has 2 aromatic carbocycles. The van der Waals surface area contributed by atoms with E-state index in [4.69, 9.17) is 15.4 Å². The minimum absolute atomic E-state index is 0.113. The highest BCUT2D eigenvalue weighted by Crippen LogP contribution is 2.20. The maximum absolute atomic E-state index is 11.7. The monoisotopic (exact) mass is 367 g/mol. The molecule has 112 valence electrons. The lowest BCUT2D eigenvalue weighted by molar-refractivity contribution is 0.0996. The predicted octanol–water partition coefficient (Wildman–Crippen LogP) is 3.40. The molecule has 0 atom stereocenters. The zero-order valence-corrected chi connectivity index (χ0v) is 13.4. The van der Waals surface area contributed by atoms with Crippen LogP contribution < -0.4 is 11.3 Å². The minimum Gasteiger partial charge on any atom is -0.438 e. The van der Waals surface area contributed by atoms with Crippen LogP contribution in [-0.4, -0.2) is 5.91 Å². The van der Waals surface area contributed by atoms with Crippen LogP contribution in [0.1, 0.15) is 15.9 Å². The molecule has 0 fully saturated rings. The van der Waals surface area contributed by atoms with Crippen LogP contribution in [0.5, 0.6) is 0 Å². The first-order valence-corrected chi connectivity index (χ1v) is 7.44. The number of carbonyl (C=O) groups is 1. The van der Waals surface area contributed by atoms with E-state index in [1.807, 2.05) is 18.2 Å². The lowest BCUT2D eigenvalue weighted by Crippen LogP contribution is -2.21. The third-order valence-electron chi connectivity index (χ3n) is 3.18. The van der Waals surface area contributed by atoms with Gasteiger partial charge in [-0.2, -0.15) is 5.26 Å². The van der Waals surface area contributed by atoms with Gasteiger partial charge in [-0.05, 0) is 42.5 Å². The first-order valence-electron chi connectivity index (χ1n) is 6.65. The second kappa shape index (κ2) is 6.07. The summed E-state index contributed by atoms with van der Waals surface area (Å²) in [4.78, 5) is 16.0. The van der Waals surface area contributed by atoms with Gasteiger partial charge < -0.3 is 10.2 Å². The molecular weight excluding hydrogens is 358 g/mol. The highest BCUT2D eigenvalue weighted by molar-refractivity contribution is 9.10. The Morgan fingerprint density at radius 3 is 2.78 bits per heavy atom. The Morgan fingerprint density at radius 2 is 2.04 bits per heavy atom. The van der Waals surface area contributed by atoms with Gasteiger partial charge in [-0.3, -0.25) is 4.79 Å². The molecule has 0 aliphatic carbocycles. The molecule has 1 amide bonds. The standard InChI is InChI=1S/C17H10BrN3O2/c18-12-4-5-15-11(7-12)8-14(16(20)22)17(23-15)21-13-3-1-2-10(6-13)9-19/h1-8H,(H2,20,22). The van der Waals surface area contributed by atoms with E-state index < -0.39 is 5.91 Å². The number of rotatable bonds is 2. The number of carbonyl (C=O) groups excluding carboxylic acids is 1. The van der Waals surface area contributed by atoms with Crippen LogP contribution in [0.25, 0.3) is 11.0 Å². The van der Waals surface area contributed by atoms with Crippen molar-refractivity contribution in [1.82, 2.24) is 0 Å². The highest BCUT2D eigenvalue weighted by Gasteiger charge is 2.09. The molecule has 3 rings (SSSR count). The Kier molecular flexibility index (Phi) is 3.96. The first-order chi connectivity index (χ1) is 11.1. The van der Waals surface area contributed by atoms with Crippen LogP contribution in [0.2, 0.25) is 0 Å². The van der Waals surface area contributed by atoms with Crippen LogP contribution >= 0.6 is 15.9 Å². The molecule has 0 aliphatic rings. The molecule has 0 aliphatic heterocycles. The Balaban J connectivity index is 2.28. The highest BCUT2D eigenvalue weighted by atomic mass is 79.9. The summed E-state index contributed by atoms with van der Waals surface area (Å²) in [6, 6.07) is 15.8. The number of fused-ring (bicyclic) bond motifs is 1. The van der Waals surface area contributed by atoms with Gasteiger partial charge in [0.25, 0.3) is 5.91 Å². The van der Waals surface area contributed by atoms with Crippen LogP contribution in [0.4, 0.5) is 5.69 Å². The van der Waals surface area contributed by atoms with E-state index in [2.05, 4.69) is 20.9 Å². The largest absolute Gasteiger partial charge is 0.438 e. The Hall–Kier alpha value is -2.91. The second-order valence-corrected chi connectivity index (χ2v) is 5.70. The second-order valence-electron chi connectivity index (χ2n) is 4.79. The smallest absolute Gasteiger partial charge is 0.254 e. The maximum atomic E-state index is 11.7. The molecule has 2 N–H and O–H groups in total. The van der Waals surface area contributed by atoms with Gasteiger partial charge in [0.05, 0.1) is 17.3 Å². The van der Waals surface area contributed by atoms with Crippen LogP contribution in [-0.2, 0) is 0 Å². The predicted molar refractivity (Wildman–Crippen MR) is 88.8 cm³/mol. The van der Waals surface area contributed by atoms with Crippen LogP contribution in [0.3, 0.4) is 0 Å². The summed E-state index contributed by atoms with van der Waals surface area (Å²) in [5.74, 6) is -0.634. The van der Waals surface area contributed by atoms with Crippen molar-refractivity contribution in [3.63, 3.8) is 0 Å². The summed E-state index contributed by atoms with van der Waals surface area (Å²) >= 11 is 3.37. The fraction of sp³-hybridized carbons (Fsp3) is 0. The van der Waals surface area contributed by atoms with Gasteiger partial charge in [0, 0.05) is 9.86 Å². The van der Waals surface area contributed by atoms with Gasteiger partial charge in [-0.1, -0.05) is 22.0 Å². The van der Waals surface area contributed by atoms with Crippen molar-refractivity contribution >= 4 is 38.5 Å². The van der Waals surface area contributed by atoms with Crippen molar-refractivity contribution in [2.45, 2.75) is 0 Å². The molecule has 0 saturated heterocycles. The lowest BCUT2D eigenvalue weighted by atomic mass is 10.2. The zero-order chi connectivity index (χ0) is 16.4. The SMILES string of the molecule is N#Cc1cccc(N=c2oc3ccc(Br)cc3cc2C(N)=O)c1. The van der Waals surface area contributed by atoms with Gasteiger partial charge in [0.2, 0.25) is 5.55 Å². The normalized spacial score (nSPS) is 11.4. The molecule has 0 spiro atoms.